The molecule has 0 saturated carbocycles. The monoisotopic (exact) mass is 1270 g/mol. The number of carbonyl (C=O) groups is 6. The number of benzene rings is 3. The van der Waals surface area contributed by atoms with Crippen LogP contribution in [0.4, 0.5) is 71.5 Å². The van der Waals surface area contributed by atoms with Gasteiger partial charge in [-0.2, -0.15) is 0 Å². The van der Waals surface area contributed by atoms with Gasteiger partial charge in [-0.1, -0.05) is 7.43 Å². The van der Waals surface area contributed by atoms with Crippen LogP contribution in [-0.4, -0.2) is 110 Å². The summed E-state index contributed by atoms with van der Waals surface area (Å²) in [6, 6.07) is 16.5. The maximum atomic E-state index is 14.3. The Morgan fingerprint density at radius 1 is 0.604 bits per heavy atom. The summed E-state index contributed by atoms with van der Waals surface area (Å²) in [4.78, 5) is 99.6. The van der Waals surface area contributed by atoms with Crippen LogP contribution in [0, 0.1) is 17.5 Å². The Morgan fingerprint density at radius 3 is 1.44 bits per heavy atom. The lowest BCUT2D eigenvalue weighted by Crippen LogP contribution is -2.27. The zero-order valence-corrected chi connectivity index (χ0v) is 50.7. The number of hydrogen-bond acceptors (Lipinski definition) is 23. The van der Waals surface area contributed by atoms with Gasteiger partial charge in [0.15, 0.2) is 46.2 Å². The first-order valence-corrected chi connectivity index (χ1v) is 26.4. The molecule has 0 radical (unpaired) electrons. The molecule has 3 aromatic carbocycles. The molecule has 0 unspecified atom stereocenters. The van der Waals surface area contributed by atoms with Crippen LogP contribution in [0.5, 0.6) is 34.5 Å². The number of nitrogens with one attached hydrogen (secondary N) is 4. The van der Waals surface area contributed by atoms with Gasteiger partial charge in [-0.15, -0.1) is 0 Å². The van der Waals surface area contributed by atoms with E-state index in [1.165, 1.54) is 74.4 Å². The fourth-order valence-electron chi connectivity index (χ4n) is 6.54. The third-order valence-electron chi connectivity index (χ3n) is 10.1. The van der Waals surface area contributed by atoms with Crippen LogP contribution < -0.4 is 47.2 Å². The van der Waals surface area contributed by atoms with Gasteiger partial charge in [-0.05, 0) is 112 Å². The molecular formula is C60H70F3N11O17. The van der Waals surface area contributed by atoms with Crippen molar-refractivity contribution in [3.8, 4) is 34.5 Å². The normalized spacial score (nSPS) is 11.1. The molecule has 3 amide bonds. The zero-order chi connectivity index (χ0) is 67.1. The molecule has 0 aliphatic carbocycles. The van der Waals surface area contributed by atoms with Crippen molar-refractivity contribution < 1.29 is 89.7 Å². The molecule has 0 saturated heterocycles. The van der Waals surface area contributed by atoms with E-state index in [0.717, 1.165) is 31.5 Å². The van der Waals surface area contributed by atoms with Crippen molar-refractivity contribution in [1.82, 2.24) is 24.9 Å². The number of aromatic nitrogens is 5. The Morgan fingerprint density at radius 2 is 1.02 bits per heavy atom. The van der Waals surface area contributed by atoms with Gasteiger partial charge in [0, 0.05) is 60.9 Å². The standard InChI is InChI=1S/C19H18FN3O4.C18H17FN4O4.C16H19FN4O3.C4H8O3.C2H4O3.CH4/c1-19(2,3)27-18(25)23-15-5-4-12(9-14(15)20)26-16-6-7-21-17-13(16)8-11(24)10-22-17;1-18(2,3)27-17(25)22-12-5-4-10(8-11(12)19)26-13-6-7-20-16-15(13)21-9-14(24)23-16;1-16(2,3)24-15(22)21-11-5-4-9(8-10(11)17)23-12-6-7-20-14(19)13(12)18;1-3-7-4(5)6-2;1-5-2(3)4;/h4-7,9-10H,8H2,1-3H3,(H,23,25);4-9H,1-3H3,(H,22,25)(H,20,23,24);4-8H,18H2,1-3H3,(H2,19,20)(H,21,22);3H2,1-2H3;1H3,(H,3,4);1H4. The summed E-state index contributed by atoms with van der Waals surface area (Å²) < 4.78 is 86.9. The molecule has 0 bridgehead atoms. The number of pyridine rings is 3. The van der Waals surface area contributed by atoms with E-state index in [0.29, 0.717) is 35.0 Å². The first kappa shape index (κ1) is 74.0. The number of methoxy groups -OCH3 is 2. The number of Topliss-reactive ketones (excluding diaryl/α,β-unsaturated/α-hetero) is 1. The fraction of sp³-hybridized carbons (Fsp3) is 0.300. The van der Waals surface area contributed by atoms with Gasteiger partial charge in [0.2, 0.25) is 0 Å². The maximum Gasteiger partial charge on any atom is 0.507 e. The van der Waals surface area contributed by atoms with Crippen molar-refractivity contribution in [1.29, 1.82) is 0 Å². The highest BCUT2D eigenvalue weighted by Gasteiger charge is 2.23. The Bertz CT molecular complexity index is 3780. The largest absolute Gasteiger partial charge is 0.507 e. The highest BCUT2D eigenvalue weighted by atomic mass is 19.1. The summed E-state index contributed by atoms with van der Waals surface area (Å²) in [6.07, 6.45) is 2.66. The van der Waals surface area contributed by atoms with E-state index in [1.807, 2.05) is 0 Å². The van der Waals surface area contributed by atoms with Crippen LogP contribution in [0.3, 0.4) is 0 Å². The van der Waals surface area contributed by atoms with Crippen LogP contribution >= 0.6 is 0 Å². The zero-order valence-electron chi connectivity index (χ0n) is 50.7. The van der Waals surface area contributed by atoms with E-state index in [-0.39, 0.29) is 76.8 Å². The Balaban J connectivity index is 0.000000325. The number of carbonyl (C=O) groups excluding carboxylic acids is 5. The number of halogens is 3. The van der Waals surface area contributed by atoms with Gasteiger partial charge in [0.1, 0.15) is 56.8 Å². The molecule has 0 atom stereocenters. The number of aliphatic imine (C=N–C) groups is 1. The van der Waals surface area contributed by atoms with E-state index >= 15 is 0 Å². The summed E-state index contributed by atoms with van der Waals surface area (Å²) in [7, 11) is 2.38. The van der Waals surface area contributed by atoms with Crippen molar-refractivity contribution in [3.63, 3.8) is 0 Å². The number of nitrogens with two attached hydrogens (primary N) is 2. The third-order valence-corrected chi connectivity index (χ3v) is 10.1. The van der Waals surface area contributed by atoms with Gasteiger partial charge in [0.05, 0.1) is 50.3 Å². The minimum atomic E-state index is -1.25. The van der Waals surface area contributed by atoms with Crippen LogP contribution in [0.2, 0.25) is 0 Å². The van der Waals surface area contributed by atoms with Crippen LogP contribution in [0.1, 0.15) is 82.2 Å². The number of nitrogen functional groups attached to an aromatic ring is 2. The van der Waals surface area contributed by atoms with Crippen molar-refractivity contribution >= 4 is 88.1 Å². The second-order valence-electron chi connectivity index (χ2n) is 20.8. The van der Waals surface area contributed by atoms with Gasteiger partial charge in [0.25, 0.3) is 5.56 Å². The smallest absolute Gasteiger partial charge is 0.457 e. The number of anilines is 5. The van der Waals surface area contributed by atoms with Gasteiger partial charge < -0.3 is 64.2 Å². The molecule has 488 valence electrons. The maximum absolute atomic E-state index is 14.3. The van der Waals surface area contributed by atoms with E-state index < -0.39 is 70.4 Å². The van der Waals surface area contributed by atoms with Crippen molar-refractivity contribution in [2.75, 3.05) is 48.2 Å². The minimum Gasteiger partial charge on any atom is -0.457 e. The second kappa shape index (κ2) is 33.7. The molecular weight excluding hydrogens is 1200 g/mol. The van der Waals surface area contributed by atoms with E-state index in [1.54, 1.807) is 81.4 Å². The molecule has 7 aromatic rings. The number of rotatable bonds is 10. The van der Waals surface area contributed by atoms with E-state index in [2.05, 4.69) is 60.1 Å². The lowest BCUT2D eigenvalue weighted by molar-refractivity contribution is -0.112. The summed E-state index contributed by atoms with van der Waals surface area (Å²) >= 11 is 0. The van der Waals surface area contributed by atoms with Crippen LogP contribution in [0.25, 0.3) is 11.2 Å². The van der Waals surface area contributed by atoms with Gasteiger partial charge >= 0.3 is 30.6 Å². The number of ketones is 1. The molecule has 8 rings (SSSR count). The molecule has 0 spiro atoms. The molecule has 91 heavy (non-hydrogen) atoms. The molecule has 1 aliphatic rings. The van der Waals surface area contributed by atoms with Crippen molar-refractivity contribution in [2.45, 2.75) is 99.9 Å². The lowest BCUT2D eigenvalue weighted by Gasteiger charge is -2.20. The summed E-state index contributed by atoms with van der Waals surface area (Å²) in [5.74, 6) is -0.196. The number of ether oxygens (including phenoxy) is 9. The fourth-order valence-corrected chi connectivity index (χ4v) is 6.54. The van der Waals surface area contributed by atoms with Crippen LogP contribution in [0.15, 0.2) is 107 Å². The summed E-state index contributed by atoms with van der Waals surface area (Å²) in [5.41, 5.74) is 10.0. The van der Waals surface area contributed by atoms with Crippen molar-refractivity contribution in [3.05, 3.63) is 131 Å². The second-order valence-corrected chi connectivity index (χ2v) is 20.8. The first-order valence-electron chi connectivity index (χ1n) is 26.4. The topological polar surface area (TPSA) is 391 Å². The Hall–Kier alpha value is -11.3. The Kier molecular flexibility index (Phi) is 27.4. The molecule has 5 heterocycles. The number of aromatic amines is 1. The quantitative estimate of drug-likeness (QED) is 0.0494. The Labute approximate surface area is 519 Å². The number of fused-ring (bicyclic) bond motifs is 2. The summed E-state index contributed by atoms with van der Waals surface area (Å²) in [6.45, 7) is 17.5. The average molecular weight is 1270 g/mol. The van der Waals surface area contributed by atoms with Gasteiger partial charge in [-0.3, -0.25) is 25.5 Å². The number of carboxylic acid groups (broad SMARTS) is 1. The lowest BCUT2D eigenvalue weighted by atomic mass is 10.1. The highest BCUT2D eigenvalue weighted by molar-refractivity contribution is 6.29. The number of H-pyrrole nitrogens is 1. The minimum absolute atomic E-state index is 0. The predicted octanol–water partition coefficient (Wildman–Crippen LogP) is 13.0. The van der Waals surface area contributed by atoms with E-state index in [4.69, 9.17) is 49.8 Å². The number of nitrogens with zero attached hydrogens (tertiary/aromatic N) is 5. The predicted molar refractivity (Wildman–Crippen MR) is 329 cm³/mol. The van der Waals surface area contributed by atoms with Gasteiger partial charge in [-0.25, -0.2) is 62.1 Å². The summed E-state index contributed by atoms with van der Waals surface area (Å²) in [5, 5.41) is 14.5. The van der Waals surface area contributed by atoms with Crippen molar-refractivity contribution in [2.24, 2.45) is 4.99 Å². The number of hydrogen-bond donors (Lipinski definition) is 7. The molecule has 0 fully saturated rings. The molecule has 1 aliphatic heterocycles. The molecule has 28 nitrogen and oxygen atoms in total. The number of amides is 3. The molecule has 9 N–H and O–H groups in total. The average Bonchev–Trinajstić information content (AvgIpc) is 2.26. The van der Waals surface area contributed by atoms with Crippen LogP contribution in [-0.2, 0) is 39.6 Å². The molecule has 31 heteroatoms. The SMILES string of the molecule is C.CC(C)(C)OC(=O)Nc1ccc(Oc2ccnc(N)c2N)cc1F.CC(C)(C)OC(=O)Nc1ccc(Oc2ccnc3[nH]c(=O)cnc23)cc1F.CC(C)(C)OC(=O)Nc1ccc(Oc2ccnc3c2CC(=O)C=N3)cc1F.CCOC(=O)OC.COC(=O)O. The highest BCUT2D eigenvalue weighted by Crippen LogP contribution is 2.35. The van der Waals surface area contributed by atoms with E-state index in [9.17, 15) is 41.9 Å². The molecule has 4 aromatic heterocycles. The first-order chi connectivity index (χ1) is 42.2. The third kappa shape index (κ3) is 25.9.